The molecule has 0 spiro atoms. The van der Waals surface area contributed by atoms with Crippen molar-refractivity contribution in [2.45, 2.75) is 24.1 Å². The lowest BCUT2D eigenvalue weighted by Gasteiger charge is -2.14. The molecule has 1 saturated heterocycles. The lowest BCUT2D eigenvalue weighted by molar-refractivity contribution is -0.127. The van der Waals surface area contributed by atoms with Crippen LogP contribution in [-0.4, -0.2) is 28.7 Å². The summed E-state index contributed by atoms with van der Waals surface area (Å²) in [7, 11) is 0. The molecule has 2 rings (SSSR count). The quantitative estimate of drug-likeness (QED) is 0.641. The van der Waals surface area contributed by atoms with E-state index in [1.165, 1.54) is 12.8 Å². The minimum Gasteiger partial charge on any atom is -0.341 e. The Labute approximate surface area is 75.1 Å². The number of likely N-dealkylation sites (tertiary alicyclic amines) is 1. The van der Waals surface area contributed by atoms with Crippen LogP contribution in [0.25, 0.3) is 0 Å². The number of amides is 1. The molecule has 0 aromatic rings. The summed E-state index contributed by atoms with van der Waals surface area (Å²) >= 11 is 3.47. The maximum atomic E-state index is 11.2. The molecule has 1 aliphatic heterocycles. The summed E-state index contributed by atoms with van der Waals surface area (Å²) in [5.74, 6) is 1.16. The summed E-state index contributed by atoms with van der Waals surface area (Å²) in [5, 5.41) is 0. The zero-order valence-corrected chi connectivity index (χ0v) is 8.01. The third-order valence-corrected chi connectivity index (χ3v) is 2.96. The van der Waals surface area contributed by atoms with Crippen molar-refractivity contribution in [2.75, 3.05) is 13.1 Å². The maximum absolute atomic E-state index is 11.2. The summed E-state index contributed by atoms with van der Waals surface area (Å²) in [5.41, 5.74) is 0. The van der Waals surface area contributed by atoms with Gasteiger partial charge in [-0.05, 0) is 18.8 Å². The van der Waals surface area contributed by atoms with Crippen LogP contribution in [0.5, 0.6) is 0 Å². The molecule has 1 atom stereocenters. The average molecular weight is 218 g/mol. The van der Waals surface area contributed by atoms with Crippen LogP contribution in [0, 0.1) is 5.92 Å². The minimum absolute atomic E-state index is 0.332. The second kappa shape index (κ2) is 2.77. The topological polar surface area (TPSA) is 20.3 Å². The Morgan fingerprint density at radius 1 is 1.55 bits per heavy atom. The van der Waals surface area contributed by atoms with E-state index in [0.717, 1.165) is 19.0 Å². The van der Waals surface area contributed by atoms with Crippen LogP contribution in [0.4, 0.5) is 0 Å². The number of carbonyl (C=O) groups excluding carboxylic acids is 1. The van der Waals surface area contributed by atoms with E-state index in [1.54, 1.807) is 0 Å². The summed E-state index contributed by atoms with van der Waals surface area (Å²) in [6.07, 6.45) is 3.36. The molecule has 0 N–H and O–H groups in total. The van der Waals surface area contributed by atoms with E-state index < -0.39 is 0 Å². The maximum Gasteiger partial charge on any atom is 0.223 e. The van der Waals surface area contributed by atoms with Gasteiger partial charge in [-0.2, -0.15) is 0 Å². The summed E-state index contributed by atoms with van der Waals surface area (Å²) in [6.45, 7) is 1.94. The molecule has 2 nitrogen and oxygen atoms in total. The molecule has 62 valence electrons. The number of hydrogen-bond donors (Lipinski definition) is 0. The first kappa shape index (κ1) is 7.59. The lowest BCUT2D eigenvalue weighted by atomic mass is 10.4. The molecule has 2 fully saturated rings. The van der Waals surface area contributed by atoms with Crippen LogP contribution in [-0.2, 0) is 4.79 Å². The highest BCUT2D eigenvalue weighted by atomic mass is 79.9. The fourth-order valence-corrected chi connectivity index (χ4v) is 2.14. The van der Waals surface area contributed by atoms with Crippen molar-refractivity contribution in [3.05, 3.63) is 0 Å². The standard InChI is InChI=1S/C8H12BrNO/c9-7-3-8(11)10(5-7)4-6-1-2-6/h6-7H,1-5H2. The van der Waals surface area contributed by atoms with Gasteiger partial charge in [0.25, 0.3) is 0 Å². The Morgan fingerprint density at radius 3 is 2.73 bits per heavy atom. The fourth-order valence-electron chi connectivity index (χ4n) is 1.51. The Bertz CT molecular complexity index is 179. The Morgan fingerprint density at radius 2 is 2.27 bits per heavy atom. The van der Waals surface area contributed by atoms with Crippen molar-refractivity contribution in [3.63, 3.8) is 0 Å². The van der Waals surface area contributed by atoms with Crippen molar-refractivity contribution in [2.24, 2.45) is 5.92 Å². The van der Waals surface area contributed by atoms with Crippen LogP contribution < -0.4 is 0 Å². The van der Waals surface area contributed by atoms with Gasteiger partial charge in [0.2, 0.25) is 5.91 Å². The predicted molar refractivity (Wildman–Crippen MR) is 46.6 cm³/mol. The van der Waals surface area contributed by atoms with Gasteiger partial charge in [-0.25, -0.2) is 0 Å². The molecule has 1 amide bonds. The third-order valence-electron chi connectivity index (χ3n) is 2.34. The molecule has 1 aliphatic carbocycles. The molecule has 1 heterocycles. The smallest absolute Gasteiger partial charge is 0.223 e. The van der Waals surface area contributed by atoms with E-state index in [9.17, 15) is 4.79 Å². The van der Waals surface area contributed by atoms with Crippen LogP contribution >= 0.6 is 15.9 Å². The molecular formula is C8H12BrNO. The molecule has 11 heavy (non-hydrogen) atoms. The second-order valence-electron chi connectivity index (χ2n) is 3.54. The molecule has 3 heteroatoms. The summed E-state index contributed by atoms with van der Waals surface area (Å²) in [4.78, 5) is 13.7. The van der Waals surface area contributed by atoms with Gasteiger partial charge < -0.3 is 4.90 Å². The predicted octanol–water partition coefficient (Wildman–Crippen LogP) is 1.39. The van der Waals surface area contributed by atoms with Gasteiger partial charge in [0, 0.05) is 24.3 Å². The molecule has 0 radical (unpaired) electrons. The van der Waals surface area contributed by atoms with Crippen LogP contribution in [0.1, 0.15) is 19.3 Å². The normalized spacial score (nSPS) is 31.5. The first-order chi connectivity index (χ1) is 5.25. The van der Waals surface area contributed by atoms with Gasteiger partial charge in [0.15, 0.2) is 0 Å². The van der Waals surface area contributed by atoms with Crippen LogP contribution in [0.15, 0.2) is 0 Å². The van der Waals surface area contributed by atoms with Crippen molar-refractivity contribution < 1.29 is 4.79 Å². The first-order valence-corrected chi connectivity index (χ1v) is 5.09. The third kappa shape index (κ3) is 1.75. The van der Waals surface area contributed by atoms with E-state index in [4.69, 9.17) is 0 Å². The van der Waals surface area contributed by atoms with Crippen LogP contribution in [0.3, 0.4) is 0 Å². The minimum atomic E-state index is 0.332. The van der Waals surface area contributed by atoms with E-state index in [0.29, 0.717) is 17.2 Å². The highest BCUT2D eigenvalue weighted by molar-refractivity contribution is 9.09. The molecular weight excluding hydrogens is 206 g/mol. The molecule has 1 unspecified atom stereocenters. The van der Waals surface area contributed by atoms with E-state index in [-0.39, 0.29) is 0 Å². The highest BCUT2D eigenvalue weighted by Crippen LogP contribution is 2.31. The van der Waals surface area contributed by atoms with Crippen molar-refractivity contribution in [1.82, 2.24) is 4.90 Å². The largest absolute Gasteiger partial charge is 0.341 e. The van der Waals surface area contributed by atoms with Crippen molar-refractivity contribution in [3.8, 4) is 0 Å². The van der Waals surface area contributed by atoms with Crippen molar-refractivity contribution in [1.29, 1.82) is 0 Å². The zero-order valence-electron chi connectivity index (χ0n) is 6.42. The molecule has 1 saturated carbocycles. The SMILES string of the molecule is O=C1CC(Br)CN1CC1CC1. The average Bonchev–Trinajstić information content (AvgIpc) is 2.64. The molecule has 0 aromatic heterocycles. The number of nitrogens with zero attached hydrogens (tertiary/aromatic N) is 1. The Hall–Kier alpha value is -0.0500. The van der Waals surface area contributed by atoms with E-state index in [1.807, 2.05) is 4.90 Å². The number of halogens is 1. The number of carbonyl (C=O) groups is 1. The number of alkyl halides is 1. The first-order valence-electron chi connectivity index (χ1n) is 4.17. The molecule has 2 aliphatic rings. The zero-order chi connectivity index (χ0) is 7.84. The van der Waals surface area contributed by atoms with E-state index >= 15 is 0 Å². The van der Waals surface area contributed by atoms with Gasteiger partial charge in [-0.15, -0.1) is 0 Å². The lowest BCUT2D eigenvalue weighted by Crippen LogP contribution is -2.27. The van der Waals surface area contributed by atoms with Gasteiger partial charge >= 0.3 is 0 Å². The Kier molecular flexibility index (Phi) is 1.91. The van der Waals surface area contributed by atoms with Crippen LogP contribution in [0.2, 0.25) is 0 Å². The summed E-state index contributed by atoms with van der Waals surface area (Å²) < 4.78 is 0. The second-order valence-corrected chi connectivity index (χ2v) is 4.84. The Balaban J connectivity index is 1.87. The van der Waals surface area contributed by atoms with E-state index in [2.05, 4.69) is 15.9 Å². The van der Waals surface area contributed by atoms with Gasteiger partial charge in [0.05, 0.1) is 0 Å². The highest BCUT2D eigenvalue weighted by Gasteiger charge is 2.32. The fraction of sp³-hybridized carbons (Fsp3) is 0.875. The summed E-state index contributed by atoms with van der Waals surface area (Å²) in [6, 6.07) is 0. The number of rotatable bonds is 2. The van der Waals surface area contributed by atoms with Gasteiger partial charge in [-0.1, -0.05) is 15.9 Å². The molecule has 0 aromatic carbocycles. The number of hydrogen-bond acceptors (Lipinski definition) is 1. The molecule has 0 bridgehead atoms. The monoisotopic (exact) mass is 217 g/mol. The van der Waals surface area contributed by atoms with Crippen molar-refractivity contribution >= 4 is 21.8 Å². The van der Waals surface area contributed by atoms with Gasteiger partial charge in [0.1, 0.15) is 0 Å². The van der Waals surface area contributed by atoms with Gasteiger partial charge in [-0.3, -0.25) is 4.79 Å².